The molecular weight excluding hydrogens is 453 g/mol. The Morgan fingerprint density at radius 3 is 2.58 bits per heavy atom. The number of rotatable bonds is 4. The molecule has 1 aromatic heterocycles. The number of fused-ring (bicyclic) bond motifs is 2. The van der Waals surface area contributed by atoms with Gasteiger partial charge in [-0.25, -0.2) is 0 Å². The Labute approximate surface area is 206 Å². The fourth-order valence-corrected chi connectivity index (χ4v) is 6.00. The molecule has 2 aliphatic rings. The topological polar surface area (TPSA) is 28.6 Å². The first-order chi connectivity index (χ1) is 16.0. The number of likely N-dealkylation sites (N-methyl/N-ethyl adjacent to an activating group) is 1. The molecule has 3 aromatic rings. The molecule has 0 bridgehead atoms. The molecule has 0 N–H and O–H groups in total. The SMILES string of the molecule is CCOc1ccccc1-c1ccc2c(n1)CN(C)CC21CCN(c2ccc(Cl)cc2Cl)CC1. The van der Waals surface area contributed by atoms with E-state index in [1.54, 1.807) is 0 Å². The van der Waals surface area contributed by atoms with Gasteiger partial charge in [-0.3, -0.25) is 9.88 Å². The van der Waals surface area contributed by atoms with Crippen molar-refractivity contribution in [2.75, 3.05) is 38.2 Å². The van der Waals surface area contributed by atoms with Crippen molar-refractivity contribution in [1.82, 2.24) is 9.88 Å². The summed E-state index contributed by atoms with van der Waals surface area (Å²) in [5, 5.41) is 1.40. The minimum absolute atomic E-state index is 0.114. The van der Waals surface area contributed by atoms with Crippen LogP contribution in [0, 0.1) is 0 Å². The number of anilines is 1. The summed E-state index contributed by atoms with van der Waals surface area (Å²) in [6.07, 6.45) is 2.14. The number of nitrogens with zero attached hydrogens (tertiary/aromatic N) is 3. The van der Waals surface area contributed by atoms with E-state index in [-0.39, 0.29) is 5.41 Å². The van der Waals surface area contributed by atoms with Crippen molar-refractivity contribution in [2.45, 2.75) is 31.7 Å². The Morgan fingerprint density at radius 1 is 1.03 bits per heavy atom. The first-order valence-electron chi connectivity index (χ1n) is 11.6. The Hall–Kier alpha value is -2.27. The molecule has 2 aromatic carbocycles. The van der Waals surface area contributed by atoms with Gasteiger partial charge < -0.3 is 9.64 Å². The summed E-state index contributed by atoms with van der Waals surface area (Å²) in [5.74, 6) is 0.888. The van der Waals surface area contributed by atoms with E-state index >= 15 is 0 Å². The van der Waals surface area contributed by atoms with E-state index in [9.17, 15) is 0 Å². The highest BCUT2D eigenvalue weighted by molar-refractivity contribution is 6.36. The number of aromatic nitrogens is 1. The fourth-order valence-electron chi connectivity index (χ4n) is 5.47. The van der Waals surface area contributed by atoms with Crippen LogP contribution in [0.4, 0.5) is 5.69 Å². The zero-order valence-electron chi connectivity index (χ0n) is 19.2. The van der Waals surface area contributed by atoms with Gasteiger partial charge in [-0.05, 0) is 68.8 Å². The highest BCUT2D eigenvalue weighted by atomic mass is 35.5. The van der Waals surface area contributed by atoms with Crippen LogP contribution in [0.3, 0.4) is 0 Å². The zero-order chi connectivity index (χ0) is 23.0. The summed E-state index contributed by atoms with van der Waals surface area (Å²) in [6, 6.07) is 18.4. The molecule has 5 rings (SSSR count). The minimum atomic E-state index is 0.114. The maximum atomic E-state index is 6.50. The number of hydrogen-bond acceptors (Lipinski definition) is 4. The summed E-state index contributed by atoms with van der Waals surface area (Å²) in [6.45, 7) is 6.50. The third kappa shape index (κ3) is 4.32. The lowest BCUT2D eigenvalue weighted by atomic mass is 9.70. The third-order valence-corrected chi connectivity index (χ3v) is 7.51. The van der Waals surface area contributed by atoms with E-state index in [1.807, 2.05) is 43.3 Å². The number of pyridine rings is 1. The van der Waals surface area contributed by atoms with E-state index in [2.05, 4.69) is 35.0 Å². The maximum absolute atomic E-state index is 6.50. The van der Waals surface area contributed by atoms with Crippen LogP contribution < -0.4 is 9.64 Å². The first kappa shape index (κ1) is 22.5. The van der Waals surface area contributed by atoms with Crippen molar-refractivity contribution in [1.29, 1.82) is 0 Å². The van der Waals surface area contributed by atoms with Gasteiger partial charge in [0.15, 0.2) is 0 Å². The lowest BCUT2D eigenvalue weighted by Gasteiger charge is -2.48. The molecule has 0 saturated carbocycles. The predicted octanol–water partition coefficient (Wildman–Crippen LogP) is 6.44. The van der Waals surface area contributed by atoms with Crippen molar-refractivity contribution < 1.29 is 4.74 Å². The van der Waals surface area contributed by atoms with Crippen LogP contribution in [0.1, 0.15) is 31.0 Å². The van der Waals surface area contributed by atoms with E-state index in [1.165, 1.54) is 11.3 Å². The summed E-state index contributed by atoms with van der Waals surface area (Å²) in [4.78, 5) is 9.96. The van der Waals surface area contributed by atoms with Crippen LogP contribution in [0.25, 0.3) is 11.3 Å². The van der Waals surface area contributed by atoms with Crippen LogP contribution in [-0.4, -0.2) is 43.2 Å². The lowest BCUT2D eigenvalue weighted by molar-refractivity contribution is 0.178. The molecule has 3 heterocycles. The predicted molar refractivity (Wildman–Crippen MR) is 137 cm³/mol. The van der Waals surface area contributed by atoms with E-state index in [0.717, 1.165) is 66.7 Å². The summed E-state index contributed by atoms with van der Waals surface area (Å²) < 4.78 is 5.86. The van der Waals surface area contributed by atoms with Gasteiger partial charge in [-0.1, -0.05) is 41.4 Å². The van der Waals surface area contributed by atoms with Gasteiger partial charge in [0.05, 0.1) is 28.7 Å². The molecule has 0 radical (unpaired) electrons. The van der Waals surface area contributed by atoms with E-state index in [4.69, 9.17) is 32.9 Å². The molecule has 1 saturated heterocycles. The number of benzene rings is 2. The second-order valence-corrected chi connectivity index (χ2v) is 10.00. The van der Waals surface area contributed by atoms with Gasteiger partial charge in [0.25, 0.3) is 0 Å². The average molecular weight is 482 g/mol. The first-order valence-corrected chi connectivity index (χ1v) is 12.4. The lowest BCUT2D eigenvalue weighted by Crippen LogP contribution is -2.51. The van der Waals surface area contributed by atoms with Crippen LogP contribution >= 0.6 is 23.2 Å². The standard InChI is InChI=1S/C27H29Cl2N3O/c1-3-33-26-7-5-4-6-20(26)23-10-9-21-24(30-23)17-31(2)18-27(21)12-14-32(15-13-27)25-11-8-19(28)16-22(25)29/h4-11,16H,3,12-15,17-18H2,1-2H3. The maximum Gasteiger partial charge on any atom is 0.128 e. The Bertz CT molecular complexity index is 1160. The molecule has 6 heteroatoms. The Balaban J connectivity index is 1.44. The molecule has 0 amide bonds. The van der Waals surface area contributed by atoms with Crippen molar-refractivity contribution >= 4 is 28.9 Å². The highest BCUT2D eigenvalue weighted by Crippen LogP contribution is 2.43. The summed E-state index contributed by atoms with van der Waals surface area (Å²) >= 11 is 12.6. The van der Waals surface area contributed by atoms with Gasteiger partial charge in [-0.15, -0.1) is 0 Å². The van der Waals surface area contributed by atoms with Crippen molar-refractivity contribution in [3.8, 4) is 17.0 Å². The molecule has 0 unspecified atom stereocenters. The van der Waals surface area contributed by atoms with Gasteiger partial charge in [0.1, 0.15) is 5.75 Å². The van der Waals surface area contributed by atoms with Crippen LogP contribution in [0.5, 0.6) is 5.75 Å². The molecule has 0 atom stereocenters. The zero-order valence-corrected chi connectivity index (χ0v) is 20.7. The third-order valence-electron chi connectivity index (χ3n) is 6.97. The van der Waals surface area contributed by atoms with Crippen molar-refractivity contribution in [3.63, 3.8) is 0 Å². The second kappa shape index (κ2) is 9.17. The van der Waals surface area contributed by atoms with Crippen molar-refractivity contribution in [3.05, 3.63) is 75.9 Å². The van der Waals surface area contributed by atoms with E-state index < -0.39 is 0 Å². The van der Waals surface area contributed by atoms with Crippen molar-refractivity contribution in [2.24, 2.45) is 0 Å². The Kier molecular flexibility index (Phi) is 6.26. The summed E-state index contributed by atoms with van der Waals surface area (Å²) in [5.41, 5.74) is 5.81. The quantitative estimate of drug-likeness (QED) is 0.428. The fraction of sp³-hybridized carbons (Fsp3) is 0.370. The average Bonchev–Trinajstić information content (AvgIpc) is 2.80. The molecule has 1 fully saturated rings. The van der Waals surface area contributed by atoms with Crippen LogP contribution in [0.2, 0.25) is 10.0 Å². The molecule has 2 aliphatic heterocycles. The van der Waals surface area contributed by atoms with Crippen LogP contribution in [-0.2, 0) is 12.0 Å². The molecule has 33 heavy (non-hydrogen) atoms. The largest absolute Gasteiger partial charge is 0.493 e. The molecule has 4 nitrogen and oxygen atoms in total. The number of halogens is 2. The highest BCUT2D eigenvalue weighted by Gasteiger charge is 2.42. The molecule has 172 valence electrons. The van der Waals surface area contributed by atoms with E-state index in [0.29, 0.717) is 11.6 Å². The number of hydrogen-bond donors (Lipinski definition) is 0. The normalized spacial score (nSPS) is 17.8. The number of para-hydroxylation sites is 1. The number of piperidine rings is 1. The molecular formula is C27H29Cl2N3O. The molecule has 1 spiro atoms. The molecule has 0 aliphatic carbocycles. The minimum Gasteiger partial charge on any atom is -0.493 e. The number of ether oxygens (including phenoxy) is 1. The Morgan fingerprint density at radius 2 is 1.82 bits per heavy atom. The monoisotopic (exact) mass is 481 g/mol. The van der Waals surface area contributed by atoms with Gasteiger partial charge >= 0.3 is 0 Å². The second-order valence-electron chi connectivity index (χ2n) is 9.16. The smallest absolute Gasteiger partial charge is 0.128 e. The van der Waals surface area contributed by atoms with Gasteiger partial charge in [0.2, 0.25) is 0 Å². The van der Waals surface area contributed by atoms with Crippen LogP contribution in [0.15, 0.2) is 54.6 Å². The summed E-state index contributed by atoms with van der Waals surface area (Å²) in [7, 11) is 2.20. The van der Waals surface area contributed by atoms with Gasteiger partial charge in [-0.2, -0.15) is 0 Å². The van der Waals surface area contributed by atoms with Gasteiger partial charge in [0, 0.05) is 42.2 Å².